The Morgan fingerprint density at radius 1 is 0.714 bits per heavy atom. The van der Waals surface area contributed by atoms with Gasteiger partial charge in [0.1, 0.15) is 0 Å². The van der Waals surface area contributed by atoms with Crippen molar-refractivity contribution in [2.75, 3.05) is 0 Å². The van der Waals surface area contributed by atoms with Gasteiger partial charge in [0.25, 0.3) is 0 Å². The monoisotopic (exact) mass is 292 g/mol. The standard InChI is InChI=1S/C20H20S/c1-16-8-12-19(13-9-16)21(18-6-4-3-5-7-18)20-14-10-17(2)11-15-20/h3-6,8-15H,7H2,1-2H3. The molecule has 0 amide bonds. The number of rotatable bonds is 2. The van der Waals surface area contributed by atoms with Crippen LogP contribution in [0, 0.1) is 13.8 Å². The van der Waals surface area contributed by atoms with Gasteiger partial charge in [-0.25, -0.2) is 0 Å². The summed E-state index contributed by atoms with van der Waals surface area (Å²) in [6.07, 6.45) is 9.86. The fraction of sp³-hybridized carbons (Fsp3) is 0.150. The van der Waals surface area contributed by atoms with Gasteiger partial charge in [-0.1, -0.05) is 59.7 Å². The van der Waals surface area contributed by atoms with Gasteiger partial charge in [-0.3, -0.25) is 0 Å². The zero-order chi connectivity index (χ0) is 14.7. The van der Waals surface area contributed by atoms with Crippen LogP contribution in [0.25, 0.3) is 0 Å². The first-order chi connectivity index (χ1) is 10.2. The van der Waals surface area contributed by atoms with E-state index in [-0.39, 0.29) is 10.5 Å². The first kappa shape index (κ1) is 14.1. The number of allylic oxidation sites excluding steroid dienone is 4. The van der Waals surface area contributed by atoms with Gasteiger partial charge in [-0.15, -0.1) is 10.5 Å². The van der Waals surface area contributed by atoms with E-state index < -0.39 is 0 Å². The van der Waals surface area contributed by atoms with Crippen molar-refractivity contribution >= 4 is 15.3 Å². The van der Waals surface area contributed by atoms with Crippen LogP contribution in [0.1, 0.15) is 17.5 Å². The van der Waals surface area contributed by atoms with Gasteiger partial charge in [-0.2, -0.15) is 0 Å². The molecule has 1 heteroatoms. The van der Waals surface area contributed by atoms with Crippen molar-refractivity contribution in [2.24, 2.45) is 0 Å². The Hall–Kier alpha value is -1.86. The Kier molecular flexibility index (Phi) is 4.21. The highest BCUT2D eigenvalue weighted by Gasteiger charge is 2.09. The lowest BCUT2D eigenvalue weighted by Crippen LogP contribution is -1.97. The maximum absolute atomic E-state index is 2.28. The molecular formula is C20H20S. The molecule has 1 aliphatic rings. The van der Waals surface area contributed by atoms with Crippen LogP contribution in [0.5, 0.6) is 0 Å². The van der Waals surface area contributed by atoms with Crippen molar-refractivity contribution in [3.8, 4) is 0 Å². The van der Waals surface area contributed by atoms with E-state index in [0.29, 0.717) is 0 Å². The first-order valence-corrected chi connectivity index (χ1v) is 8.53. The van der Waals surface area contributed by atoms with E-state index in [4.69, 9.17) is 0 Å². The third kappa shape index (κ3) is 3.25. The maximum atomic E-state index is 2.28. The topological polar surface area (TPSA) is 0 Å². The Morgan fingerprint density at radius 2 is 1.24 bits per heavy atom. The lowest BCUT2D eigenvalue weighted by molar-refractivity contribution is 1.34. The summed E-state index contributed by atoms with van der Waals surface area (Å²) in [5.74, 6) is 0. The van der Waals surface area contributed by atoms with Gasteiger partial charge in [0.2, 0.25) is 0 Å². The average molecular weight is 292 g/mol. The third-order valence-electron chi connectivity index (χ3n) is 3.62. The van der Waals surface area contributed by atoms with Crippen LogP contribution < -0.4 is 0 Å². The summed E-state index contributed by atoms with van der Waals surface area (Å²) in [7, 11) is 0.0244. The molecule has 0 saturated heterocycles. The lowest BCUT2D eigenvalue weighted by atomic mass is 10.2. The van der Waals surface area contributed by atoms with Crippen molar-refractivity contribution in [2.45, 2.75) is 30.1 Å². The molecule has 0 unspecified atom stereocenters. The number of aryl methyl sites for hydroxylation is 2. The highest BCUT2D eigenvalue weighted by atomic mass is 32.2. The normalized spacial score (nSPS) is 14.0. The number of hydrogen-bond donors (Lipinski definition) is 0. The van der Waals surface area contributed by atoms with E-state index in [1.54, 1.807) is 0 Å². The second-order valence-corrected chi connectivity index (χ2v) is 7.47. The largest absolute Gasteiger partial charge is 0.120 e. The van der Waals surface area contributed by atoms with Gasteiger partial charge < -0.3 is 0 Å². The van der Waals surface area contributed by atoms with Crippen molar-refractivity contribution in [3.63, 3.8) is 0 Å². The fourth-order valence-corrected chi connectivity index (χ4v) is 4.60. The SMILES string of the molecule is Cc1ccc(S(=C2C=CC=CC2)c2ccc(C)cc2)cc1. The van der Waals surface area contributed by atoms with Crippen LogP contribution in [-0.4, -0.2) is 4.86 Å². The molecule has 2 aromatic carbocycles. The Bertz CT molecular complexity index is 666. The van der Waals surface area contributed by atoms with Crippen molar-refractivity contribution in [1.82, 2.24) is 0 Å². The van der Waals surface area contributed by atoms with Crippen LogP contribution in [0.4, 0.5) is 0 Å². The second kappa shape index (κ2) is 6.28. The van der Waals surface area contributed by atoms with Crippen molar-refractivity contribution < 1.29 is 0 Å². The maximum Gasteiger partial charge on any atom is 0.00650 e. The van der Waals surface area contributed by atoms with E-state index in [1.165, 1.54) is 25.8 Å². The minimum Gasteiger partial charge on any atom is -0.120 e. The first-order valence-electron chi connectivity index (χ1n) is 7.31. The molecule has 1 aliphatic carbocycles. The Balaban J connectivity index is 2.15. The average Bonchev–Trinajstić information content (AvgIpc) is 2.52. The Morgan fingerprint density at radius 3 is 1.67 bits per heavy atom. The Labute approximate surface area is 129 Å². The van der Waals surface area contributed by atoms with Crippen LogP contribution in [-0.2, 0) is 0 Å². The van der Waals surface area contributed by atoms with E-state index in [9.17, 15) is 0 Å². The lowest BCUT2D eigenvalue weighted by Gasteiger charge is -2.16. The molecule has 0 saturated carbocycles. The van der Waals surface area contributed by atoms with Gasteiger partial charge in [0.15, 0.2) is 0 Å². The molecule has 0 N–H and O–H groups in total. The van der Waals surface area contributed by atoms with Crippen molar-refractivity contribution in [1.29, 1.82) is 0 Å². The summed E-state index contributed by atoms with van der Waals surface area (Å²) in [6, 6.07) is 18.0. The quantitative estimate of drug-likeness (QED) is 0.625. The molecule has 2 aromatic rings. The van der Waals surface area contributed by atoms with Crippen LogP contribution in [0.15, 0.2) is 82.6 Å². The fourth-order valence-electron chi connectivity index (χ4n) is 2.43. The summed E-state index contributed by atoms with van der Waals surface area (Å²) in [5.41, 5.74) is 2.63. The van der Waals surface area contributed by atoms with Crippen LogP contribution in [0.3, 0.4) is 0 Å². The molecule has 0 heterocycles. The summed E-state index contributed by atoms with van der Waals surface area (Å²) >= 11 is 0. The summed E-state index contributed by atoms with van der Waals surface area (Å²) in [4.78, 5) is 4.30. The smallest absolute Gasteiger partial charge is 0.00650 e. The van der Waals surface area contributed by atoms with E-state index in [1.807, 2.05) is 0 Å². The van der Waals surface area contributed by atoms with E-state index in [2.05, 4.69) is 86.7 Å². The molecule has 21 heavy (non-hydrogen) atoms. The molecule has 0 spiro atoms. The summed E-state index contributed by atoms with van der Waals surface area (Å²) < 4.78 is 0. The molecule has 106 valence electrons. The van der Waals surface area contributed by atoms with Crippen molar-refractivity contribution in [3.05, 3.63) is 84.0 Å². The third-order valence-corrected chi connectivity index (χ3v) is 5.94. The highest BCUT2D eigenvalue weighted by Crippen LogP contribution is 2.39. The van der Waals surface area contributed by atoms with Gasteiger partial charge in [0.05, 0.1) is 0 Å². The predicted molar refractivity (Wildman–Crippen MR) is 94.4 cm³/mol. The second-order valence-electron chi connectivity index (χ2n) is 5.39. The molecule has 0 fully saturated rings. The highest BCUT2D eigenvalue weighted by molar-refractivity contribution is 8.16. The number of hydrogen-bond acceptors (Lipinski definition) is 0. The molecule has 0 bridgehead atoms. The van der Waals surface area contributed by atoms with Gasteiger partial charge in [0, 0.05) is 9.79 Å². The van der Waals surface area contributed by atoms with Gasteiger partial charge >= 0.3 is 0 Å². The molecule has 0 aromatic heterocycles. The molecule has 0 atom stereocenters. The zero-order valence-electron chi connectivity index (χ0n) is 12.5. The molecule has 0 aliphatic heterocycles. The minimum atomic E-state index is 0.0244. The summed E-state index contributed by atoms with van der Waals surface area (Å²) in [6.45, 7) is 4.29. The zero-order valence-corrected chi connectivity index (χ0v) is 13.4. The van der Waals surface area contributed by atoms with Crippen LogP contribution in [0.2, 0.25) is 0 Å². The van der Waals surface area contributed by atoms with E-state index >= 15 is 0 Å². The van der Waals surface area contributed by atoms with E-state index in [0.717, 1.165) is 6.42 Å². The minimum absolute atomic E-state index is 0.0244. The van der Waals surface area contributed by atoms with Crippen LogP contribution >= 0.6 is 10.5 Å². The summed E-state index contributed by atoms with van der Waals surface area (Å²) in [5, 5.41) is 0. The predicted octanol–water partition coefficient (Wildman–Crippen LogP) is 5.68. The molecular weight excluding hydrogens is 272 g/mol. The molecule has 3 rings (SSSR count). The van der Waals surface area contributed by atoms with Gasteiger partial charge in [-0.05, 0) is 49.4 Å². The molecule has 0 radical (unpaired) electrons. The molecule has 0 nitrogen and oxygen atoms in total. The number of benzene rings is 2.